The first-order valence-corrected chi connectivity index (χ1v) is 6.25. The molecule has 20 heavy (non-hydrogen) atoms. The highest BCUT2D eigenvalue weighted by molar-refractivity contribution is 14.0. The summed E-state index contributed by atoms with van der Waals surface area (Å²) >= 11 is 0. The summed E-state index contributed by atoms with van der Waals surface area (Å²) in [5.41, 5.74) is 5.65. The Morgan fingerprint density at radius 1 is 1.35 bits per heavy atom. The maximum Gasteiger partial charge on any atom is 0.193 e. The molecule has 0 aromatic heterocycles. The number of nitrogens with zero attached hydrogens (tertiary/aromatic N) is 1. The smallest absolute Gasteiger partial charge is 0.193 e. The summed E-state index contributed by atoms with van der Waals surface area (Å²) in [6, 6.07) is 3.14. The molecule has 0 unspecified atom stereocenters. The van der Waals surface area contributed by atoms with E-state index in [1.807, 2.05) is 0 Å². The van der Waals surface area contributed by atoms with Crippen molar-refractivity contribution in [3.8, 4) is 0 Å². The van der Waals surface area contributed by atoms with Crippen LogP contribution in [-0.2, 0) is 4.74 Å². The van der Waals surface area contributed by atoms with E-state index in [4.69, 9.17) is 10.5 Å². The van der Waals surface area contributed by atoms with E-state index < -0.39 is 11.6 Å². The van der Waals surface area contributed by atoms with Gasteiger partial charge in [-0.25, -0.2) is 8.78 Å². The van der Waals surface area contributed by atoms with E-state index in [1.54, 1.807) is 0 Å². The fraction of sp³-hybridized carbons (Fsp3) is 0.462. The number of nitrogens with two attached hydrogens (primary N) is 1. The van der Waals surface area contributed by atoms with Gasteiger partial charge in [0.2, 0.25) is 0 Å². The highest BCUT2D eigenvalue weighted by Crippen LogP contribution is 2.16. The van der Waals surface area contributed by atoms with Crippen LogP contribution in [0, 0.1) is 17.6 Å². The molecule has 1 saturated heterocycles. The number of aliphatic imine (C=N–C) groups is 1. The largest absolute Gasteiger partial charge is 0.381 e. The van der Waals surface area contributed by atoms with Gasteiger partial charge in [-0.05, 0) is 30.9 Å². The Morgan fingerprint density at radius 3 is 2.75 bits per heavy atom. The molecule has 1 aliphatic heterocycles. The second-order valence-corrected chi connectivity index (χ2v) is 4.53. The van der Waals surface area contributed by atoms with Crippen molar-refractivity contribution in [1.82, 2.24) is 0 Å². The molecule has 0 saturated carbocycles. The van der Waals surface area contributed by atoms with E-state index in [1.165, 1.54) is 0 Å². The van der Waals surface area contributed by atoms with Crippen LogP contribution in [0.15, 0.2) is 23.2 Å². The molecule has 3 N–H and O–H groups in total. The molecule has 1 aromatic carbocycles. The fourth-order valence-electron chi connectivity index (χ4n) is 1.93. The van der Waals surface area contributed by atoms with Crippen molar-refractivity contribution in [1.29, 1.82) is 0 Å². The maximum atomic E-state index is 13.4. The van der Waals surface area contributed by atoms with Gasteiger partial charge in [-0.1, -0.05) is 0 Å². The van der Waals surface area contributed by atoms with Crippen molar-refractivity contribution in [2.45, 2.75) is 12.8 Å². The summed E-state index contributed by atoms with van der Waals surface area (Å²) in [4.78, 5) is 4.15. The molecule has 0 radical (unpaired) electrons. The summed E-state index contributed by atoms with van der Waals surface area (Å²) in [6.45, 7) is 2.05. The molecule has 1 aromatic rings. The second-order valence-electron chi connectivity index (χ2n) is 4.53. The second kappa shape index (κ2) is 8.35. The van der Waals surface area contributed by atoms with E-state index >= 15 is 0 Å². The van der Waals surface area contributed by atoms with E-state index in [0.717, 1.165) is 44.3 Å². The highest BCUT2D eigenvalue weighted by Gasteiger charge is 2.13. The van der Waals surface area contributed by atoms with Crippen molar-refractivity contribution < 1.29 is 13.5 Å². The summed E-state index contributed by atoms with van der Waals surface area (Å²) in [5, 5.41) is 2.57. The standard InChI is InChI=1S/C13H17F2N3O.HI/c14-10-1-2-11(15)12(7-10)18-13(16)17-8-9-3-5-19-6-4-9;/h1-2,7,9H,3-6,8H2,(H3,16,17,18);1H. The lowest BCUT2D eigenvalue weighted by atomic mass is 10.0. The molecule has 112 valence electrons. The molecule has 1 aliphatic rings. The lowest BCUT2D eigenvalue weighted by Gasteiger charge is -2.20. The van der Waals surface area contributed by atoms with E-state index in [9.17, 15) is 8.78 Å². The minimum Gasteiger partial charge on any atom is -0.381 e. The Hall–Kier alpha value is -0.960. The van der Waals surface area contributed by atoms with Gasteiger partial charge >= 0.3 is 0 Å². The number of ether oxygens (including phenoxy) is 1. The van der Waals surface area contributed by atoms with E-state index in [2.05, 4.69) is 10.3 Å². The van der Waals surface area contributed by atoms with Gasteiger partial charge in [0.05, 0.1) is 5.69 Å². The molecule has 1 fully saturated rings. The number of guanidine groups is 1. The van der Waals surface area contributed by atoms with Crippen LogP contribution in [0.25, 0.3) is 0 Å². The minimum absolute atomic E-state index is 0. The van der Waals surface area contributed by atoms with Crippen LogP contribution in [-0.4, -0.2) is 25.7 Å². The number of rotatable bonds is 3. The zero-order valence-corrected chi connectivity index (χ0v) is 13.3. The molecular weight excluding hydrogens is 379 g/mol. The third kappa shape index (κ3) is 5.20. The normalized spacial score (nSPS) is 16.6. The molecule has 0 spiro atoms. The first kappa shape index (κ1) is 17.1. The van der Waals surface area contributed by atoms with Gasteiger partial charge in [-0.2, -0.15) is 0 Å². The predicted molar refractivity (Wildman–Crippen MR) is 85.4 cm³/mol. The predicted octanol–water partition coefficient (Wildman–Crippen LogP) is 2.74. The van der Waals surface area contributed by atoms with Crippen LogP contribution in [0.2, 0.25) is 0 Å². The van der Waals surface area contributed by atoms with E-state index in [0.29, 0.717) is 12.5 Å². The Kier molecular flexibility index (Phi) is 7.14. The molecule has 0 bridgehead atoms. The molecule has 1 heterocycles. The van der Waals surface area contributed by atoms with Gasteiger partial charge in [0.15, 0.2) is 5.96 Å². The summed E-state index contributed by atoms with van der Waals surface area (Å²) in [5.74, 6) is -0.561. The van der Waals surface area contributed by atoms with Gasteiger partial charge in [-0.15, -0.1) is 24.0 Å². The lowest BCUT2D eigenvalue weighted by molar-refractivity contribution is 0.0689. The Balaban J connectivity index is 0.00000200. The van der Waals surface area contributed by atoms with Crippen molar-refractivity contribution in [3.63, 3.8) is 0 Å². The molecule has 7 heteroatoms. The third-order valence-electron chi connectivity index (χ3n) is 3.05. The van der Waals surface area contributed by atoms with Crippen LogP contribution in [0.3, 0.4) is 0 Å². The van der Waals surface area contributed by atoms with Gasteiger partial charge in [0, 0.05) is 25.8 Å². The Labute approximate surface area is 133 Å². The van der Waals surface area contributed by atoms with Crippen molar-refractivity contribution >= 4 is 35.6 Å². The molecule has 0 amide bonds. The van der Waals surface area contributed by atoms with Gasteiger partial charge in [-0.3, -0.25) is 4.99 Å². The van der Waals surface area contributed by atoms with Crippen LogP contribution in [0.1, 0.15) is 12.8 Å². The van der Waals surface area contributed by atoms with Crippen molar-refractivity contribution in [2.75, 3.05) is 25.1 Å². The quantitative estimate of drug-likeness (QED) is 0.469. The average molecular weight is 397 g/mol. The Bertz CT molecular complexity index is 465. The van der Waals surface area contributed by atoms with Crippen LogP contribution in [0.5, 0.6) is 0 Å². The maximum absolute atomic E-state index is 13.4. The summed E-state index contributed by atoms with van der Waals surface area (Å²) in [7, 11) is 0. The summed E-state index contributed by atoms with van der Waals surface area (Å²) in [6.07, 6.45) is 1.90. The molecule has 2 rings (SSSR count). The van der Waals surface area contributed by atoms with E-state index in [-0.39, 0.29) is 35.6 Å². The first-order chi connectivity index (χ1) is 9.15. The summed E-state index contributed by atoms with van der Waals surface area (Å²) < 4.78 is 31.6. The highest BCUT2D eigenvalue weighted by atomic mass is 127. The van der Waals surface area contributed by atoms with Crippen LogP contribution in [0.4, 0.5) is 14.5 Å². The SMILES string of the molecule is I.NC(=NCC1CCOCC1)Nc1cc(F)ccc1F. The average Bonchev–Trinajstić information content (AvgIpc) is 2.42. The third-order valence-corrected chi connectivity index (χ3v) is 3.05. The molecule has 0 atom stereocenters. The number of hydrogen-bond acceptors (Lipinski definition) is 2. The van der Waals surface area contributed by atoms with Crippen molar-refractivity contribution in [3.05, 3.63) is 29.8 Å². The van der Waals surface area contributed by atoms with Gasteiger partial charge < -0.3 is 15.8 Å². The zero-order valence-electron chi connectivity index (χ0n) is 10.9. The number of benzene rings is 1. The number of anilines is 1. The Morgan fingerprint density at radius 2 is 2.05 bits per heavy atom. The monoisotopic (exact) mass is 397 g/mol. The minimum atomic E-state index is -0.564. The first-order valence-electron chi connectivity index (χ1n) is 6.25. The van der Waals surface area contributed by atoms with Gasteiger partial charge in [0.1, 0.15) is 11.6 Å². The molecule has 4 nitrogen and oxygen atoms in total. The number of nitrogens with one attached hydrogen (secondary N) is 1. The van der Waals surface area contributed by atoms with Crippen LogP contribution >= 0.6 is 24.0 Å². The number of halogens is 3. The molecular formula is C13H18F2IN3O. The topological polar surface area (TPSA) is 59.6 Å². The lowest BCUT2D eigenvalue weighted by Crippen LogP contribution is -2.25. The number of hydrogen-bond donors (Lipinski definition) is 2. The van der Waals surface area contributed by atoms with Gasteiger partial charge in [0.25, 0.3) is 0 Å². The molecule has 0 aliphatic carbocycles. The fourth-order valence-corrected chi connectivity index (χ4v) is 1.93. The van der Waals surface area contributed by atoms with Crippen molar-refractivity contribution in [2.24, 2.45) is 16.6 Å². The zero-order chi connectivity index (χ0) is 13.7. The van der Waals surface area contributed by atoms with Crippen LogP contribution < -0.4 is 11.1 Å².